The van der Waals surface area contributed by atoms with Crippen LogP contribution in [0.5, 0.6) is 0 Å². The average Bonchev–Trinajstić information content (AvgIpc) is 2.30. The summed E-state index contributed by atoms with van der Waals surface area (Å²) in [5, 5.41) is 0. The van der Waals surface area contributed by atoms with E-state index < -0.39 is 0 Å². The molecule has 0 aliphatic heterocycles. The number of benzene rings is 1. The molecule has 2 N–H and O–H groups in total. The van der Waals surface area contributed by atoms with Crippen LogP contribution in [0.3, 0.4) is 0 Å². The van der Waals surface area contributed by atoms with Gasteiger partial charge in [-0.25, -0.2) is 0 Å². The standard InChI is InChI=1S/C11H13NO/c12-11-3-1-2-8-4-5-9(13)6-7-10(8)11/h1-3H,4-7,12H2. The highest BCUT2D eigenvalue weighted by Crippen LogP contribution is 2.23. The van der Waals surface area contributed by atoms with Crippen molar-refractivity contribution in [2.24, 2.45) is 0 Å². The zero-order chi connectivity index (χ0) is 9.26. The van der Waals surface area contributed by atoms with E-state index in [0.29, 0.717) is 18.6 Å². The van der Waals surface area contributed by atoms with Gasteiger partial charge in [-0.05, 0) is 30.0 Å². The number of nitrogen functional groups attached to an aromatic ring is 1. The van der Waals surface area contributed by atoms with Gasteiger partial charge in [0, 0.05) is 18.5 Å². The first-order chi connectivity index (χ1) is 6.27. The smallest absolute Gasteiger partial charge is 0.133 e. The molecule has 0 heterocycles. The number of fused-ring (bicyclic) bond motifs is 1. The number of carbonyl (C=O) groups excluding carboxylic acids is 1. The Labute approximate surface area is 77.8 Å². The van der Waals surface area contributed by atoms with Crippen molar-refractivity contribution in [1.29, 1.82) is 0 Å². The maximum absolute atomic E-state index is 11.2. The minimum atomic E-state index is 0.357. The zero-order valence-corrected chi connectivity index (χ0v) is 7.55. The Balaban J connectivity index is 2.40. The van der Waals surface area contributed by atoms with Crippen LogP contribution < -0.4 is 5.73 Å². The van der Waals surface area contributed by atoms with Gasteiger partial charge in [0.15, 0.2) is 0 Å². The summed E-state index contributed by atoms with van der Waals surface area (Å²) in [5.41, 5.74) is 9.13. The fourth-order valence-electron chi connectivity index (χ4n) is 1.86. The van der Waals surface area contributed by atoms with Crippen molar-refractivity contribution in [2.75, 3.05) is 5.73 Å². The van der Waals surface area contributed by atoms with E-state index in [0.717, 1.165) is 18.5 Å². The van der Waals surface area contributed by atoms with Gasteiger partial charge in [0.05, 0.1) is 0 Å². The van der Waals surface area contributed by atoms with Crippen molar-refractivity contribution >= 4 is 11.5 Å². The summed E-state index contributed by atoms with van der Waals surface area (Å²) in [6, 6.07) is 5.95. The number of carbonyl (C=O) groups is 1. The molecule has 1 aromatic carbocycles. The number of anilines is 1. The summed E-state index contributed by atoms with van der Waals surface area (Å²) in [5.74, 6) is 0.357. The number of hydrogen-bond acceptors (Lipinski definition) is 2. The van der Waals surface area contributed by atoms with Crippen LogP contribution in [-0.2, 0) is 17.6 Å². The molecule has 0 amide bonds. The number of nitrogens with two attached hydrogens (primary N) is 1. The van der Waals surface area contributed by atoms with E-state index in [1.165, 1.54) is 11.1 Å². The summed E-state index contributed by atoms with van der Waals surface area (Å²) in [4.78, 5) is 11.2. The summed E-state index contributed by atoms with van der Waals surface area (Å²) in [6.45, 7) is 0. The van der Waals surface area contributed by atoms with Crippen LogP contribution in [0, 0.1) is 0 Å². The quantitative estimate of drug-likeness (QED) is 0.482. The molecule has 68 valence electrons. The van der Waals surface area contributed by atoms with Gasteiger partial charge < -0.3 is 5.73 Å². The van der Waals surface area contributed by atoms with Gasteiger partial charge in [-0.1, -0.05) is 12.1 Å². The highest BCUT2D eigenvalue weighted by atomic mass is 16.1. The SMILES string of the molecule is Nc1cccc2c1CCC(=O)CC2. The third kappa shape index (κ3) is 1.57. The van der Waals surface area contributed by atoms with Crippen LogP contribution in [-0.4, -0.2) is 5.78 Å². The summed E-state index contributed by atoms with van der Waals surface area (Å²) in [6.07, 6.45) is 3.01. The molecule has 1 aromatic rings. The maximum Gasteiger partial charge on any atom is 0.133 e. The second-order valence-corrected chi connectivity index (χ2v) is 3.52. The minimum absolute atomic E-state index is 0.357. The van der Waals surface area contributed by atoms with E-state index in [2.05, 4.69) is 6.07 Å². The summed E-state index contributed by atoms with van der Waals surface area (Å²) < 4.78 is 0. The lowest BCUT2D eigenvalue weighted by molar-refractivity contribution is -0.118. The Morgan fingerprint density at radius 3 is 2.69 bits per heavy atom. The first-order valence-electron chi connectivity index (χ1n) is 4.65. The molecule has 0 aromatic heterocycles. The number of aryl methyl sites for hydroxylation is 1. The van der Waals surface area contributed by atoms with Crippen LogP contribution in [0.25, 0.3) is 0 Å². The molecular weight excluding hydrogens is 162 g/mol. The largest absolute Gasteiger partial charge is 0.398 e. The summed E-state index contributed by atoms with van der Waals surface area (Å²) in [7, 11) is 0. The normalized spacial score (nSPS) is 16.5. The van der Waals surface area contributed by atoms with Gasteiger partial charge >= 0.3 is 0 Å². The molecule has 0 spiro atoms. The predicted molar refractivity (Wildman–Crippen MR) is 52.5 cm³/mol. The Kier molecular flexibility index (Phi) is 2.05. The molecule has 0 saturated heterocycles. The third-order valence-corrected chi connectivity index (χ3v) is 2.64. The number of ketones is 1. The van der Waals surface area contributed by atoms with E-state index >= 15 is 0 Å². The van der Waals surface area contributed by atoms with Crippen LogP contribution in [0.1, 0.15) is 24.0 Å². The molecule has 13 heavy (non-hydrogen) atoms. The van der Waals surface area contributed by atoms with Crippen molar-refractivity contribution in [3.05, 3.63) is 29.3 Å². The van der Waals surface area contributed by atoms with Crippen LogP contribution in [0.4, 0.5) is 5.69 Å². The van der Waals surface area contributed by atoms with Crippen molar-refractivity contribution in [3.63, 3.8) is 0 Å². The van der Waals surface area contributed by atoms with E-state index in [9.17, 15) is 4.79 Å². The Hall–Kier alpha value is -1.31. The number of rotatable bonds is 0. The Morgan fingerprint density at radius 1 is 1.08 bits per heavy atom. The van der Waals surface area contributed by atoms with E-state index in [4.69, 9.17) is 5.73 Å². The van der Waals surface area contributed by atoms with Gasteiger partial charge in [0.2, 0.25) is 0 Å². The molecule has 0 bridgehead atoms. The minimum Gasteiger partial charge on any atom is -0.398 e. The monoisotopic (exact) mass is 175 g/mol. The van der Waals surface area contributed by atoms with Gasteiger partial charge in [0.25, 0.3) is 0 Å². The first kappa shape index (κ1) is 8.30. The summed E-state index contributed by atoms with van der Waals surface area (Å²) >= 11 is 0. The molecule has 2 rings (SSSR count). The van der Waals surface area contributed by atoms with Crippen molar-refractivity contribution in [2.45, 2.75) is 25.7 Å². The molecule has 0 saturated carbocycles. The number of Topliss-reactive ketones (excluding diaryl/α,β-unsaturated/α-hetero) is 1. The van der Waals surface area contributed by atoms with Crippen LogP contribution in [0.15, 0.2) is 18.2 Å². The zero-order valence-electron chi connectivity index (χ0n) is 7.55. The van der Waals surface area contributed by atoms with Gasteiger partial charge in [-0.15, -0.1) is 0 Å². The second kappa shape index (κ2) is 3.21. The van der Waals surface area contributed by atoms with Gasteiger partial charge in [-0.2, -0.15) is 0 Å². The Bertz CT molecular complexity index is 344. The van der Waals surface area contributed by atoms with Crippen LogP contribution >= 0.6 is 0 Å². The molecule has 0 unspecified atom stereocenters. The molecule has 1 aliphatic carbocycles. The average molecular weight is 175 g/mol. The second-order valence-electron chi connectivity index (χ2n) is 3.52. The Morgan fingerprint density at radius 2 is 1.85 bits per heavy atom. The predicted octanol–water partition coefficient (Wildman–Crippen LogP) is 1.72. The molecule has 0 radical (unpaired) electrons. The van der Waals surface area contributed by atoms with Crippen molar-refractivity contribution < 1.29 is 4.79 Å². The molecule has 0 atom stereocenters. The van der Waals surface area contributed by atoms with E-state index in [-0.39, 0.29) is 0 Å². The molecule has 1 aliphatic rings. The first-order valence-corrected chi connectivity index (χ1v) is 4.65. The lowest BCUT2D eigenvalue weighted by atomic mass is 10.0. The van der Waals surface area contributed by atoms with Crippen LogP contribution in [0.2, 0.25) is 0 Å². The van der Waals surface area contributed by atoms with Gasteiger partial charge in [-0.3, -0.25) is 4.79 Å². The lowest BCUT2D eigenvalue weighted by Crippen LogP contribution is -1.98. The van der Waals surface area contributed by atoms with Crippen molar-refractivity contribution in [3.8, 4) is 0 Å². The lowest BCUT2D eigenvalue weighted by Gasteiger charge is -2.07. The maximum atomic E-state index is 11.2. The molecule has 2 nitrogen and oxygen atoms in total. The molecular formula is C11H13NO. The molecule has 2 heteroatoms. The highest BCUT2D eigenvalue weighted by molar-refractivity contribution is 5.80. The fourth-order valence-corrected chi connectivity index (χ4v) is 1.86. The van der Waals surface area contributed by atoms with E-state index in [1.54, 1.807) is 0 Å². The highest BCUT2D eigenvalue weighted by Gasteiger charge is 2.14. The number of hydrogen-bond donors (Lipinski definition) is 1. The van der Waals surface area contributed by atoms with Crippen molar-refractivity contribution in [1.82, 2.24) is 0 Å². The third-order valence-electron chi connectivity index (χ3n) is 2.64. The molecule has 0 fully saturated rings. The fraction of sp³-hybridized carbons (Fsp3) is 0.364. The van der Waals surface area contributed by atoms with Gasteiger partial charge in [0.1, 0.15) is 5.78 Å². The van der Waals surface area contributed by atoms with E-state index in [1.807, 2.05) is 12.1 Å². The topological polar surface area (TPSA) is 43.1 Å².